The van der Waals surface area contributed by atoms with Gasteiger partial charge in [-0.1, -0.05) is 56.5 Å². The molecular weight excluding hydrogens is 210 g/mol. The maximum Gasteiger partial charge on any atom is 0.0949 e. The van der Waals surface area contributed by atoms with E-state index in [0.717, 1.165) is 13.2 Å². The molecule has 0 saturated heterocycles. The minimum atomic E-state index is 0.183. The lowest BCUT2D eigenvalue weighted by Gasteiger charge is -2.18. The van der Waals surface area contributed by atoms with Crippen molar-refractivity contribution in [3.8, 4) is 0 Å². The van der Waals surface area contributed by atoms with E-state index in [2.05, 4.69) is 36.5 Å². The lowest BCUT2D eigenvalue weighted by Crippen LogP contribution is -2.20. The number of unbranched alkanes of at least 4 members (excludes halogenated alkanes) is 3. The zero-order valence-electron chi connectivity index (χ0n) is 11.1. The van der Waals surface area contributed by atoms with Gasteiger partial charge in [0.2, 0.25) is 0 Å². The molecule has 0 amide bonds. The standard InChI is InChI=1S/C15H25NO/c1-3-4-5-9-12-17-15(13-16-2)14-10-7-6-8-11-14/h6-8,10-11,15-16H,3-5,9,12-13H2,1-2H3. The number of hydrogen-bond donors (Lipinski definition) is 1. The predicted octanol–water partition coefficient (Wildman–Crippen LogP) is 3.54. The maximum absolute atomic E-state index is 5.95. The van der Waals surface area contributed by atoms with Crippen LogP contribution >= 0.6 is 0 Å². The Balaban J connectivity index is 2.33. The van der Waals surface area contributed by atoms with Crippen molar-refractivity contribution in [3.05, 3.63) is 35.9 Å². The maximum atomic E-state index is 5.95. The minimum absolute atomic E-state index is 0.183. The Bertz CT molecular complexity index is 274. The molecule has 0 fully saturated rings. The van der Waals surface area contributed by atoms with Gasteiger partial charge in [-0.15, -0.1) is 0 Å². The Hall–Kier alpha value is -0.860. The second-order valence-corrected chi connectivity index (χ2v) is 4.39. The number of ether oxygens (including phenoxy) is 1. The van der Waals surface area contributed by atoms with E-state index in [-0.39, 0.29) is 6.10 Å². The molecule has 0 aliphatic rings. The van der Waals surface area contributed by atoms with Crippen molar-refractivity contribution in [2.45, 2.75) is 38.7 Å². The fraction of sp³-hybridized carbons (Fsp3) is 0.600. The van der Waals surface area contributed by atoms with Gasteiger partial charge >= 0.3 is 0 Å². The molecule has 0 aliphatic heterocycles. The van der Waals surface area contributed by atoms with Crippen molar-refractivity contribution >= 4 is 0 Å². The van der Waals surface area contributed by atoms with Gasteiger partial charge in [-0.3, -0.25) is 0 Å². The Labute approximate surface area is 105 Å². The number of nitrogens with one attached hydrogen (secondary N) is 1. The Morgan fingerprint density at radius 2 is 1.88 bits per heavy atom. The summed E-state index contributed by atoms with van der Waals surface area (Å²) < 4.78 is 5.95. The number of likely N-dealkylation sites (N-methyl/N-ethyl adjacent to an activating group) is 1. The van der Waals surface area contributed by atoms with Crippen LogP contribution in [0.15, 0.2) is 30.3 Å². The van der Waals surface area contributed by atoms with E-state index < -0.39 is 0 Å². The van der Waals surface area contributed by atoms with Crippen LogP contribution in [-0.2, 0) is 4.74 Å². The van der Waals surface area contributed by atoms with Crippen molar-refractivity contribution in [2.24, 2.45) is 0 Å². The van der Waals surface area contributed by atoms with Gasteiger partial charge in [0, 0.05) is 13.2 Å². The van der Waals surface area contributed by atoms with Gasteiger partial charge in [0.05, 0.1) is 6.10 Å². The monoisotopic (exact) mass is 235 g/mol. The number of benzene rings is 1. The summed E-state index contributed by atoms with van der Waals surface area (Å²) >= 11 is 0. The highest BCUT2D eigenvalue weighted by Gasteiger charge is 2.09. The van der Waals surface area contributed by atoms with E-state index in [1.807, 2.05) is 13.1 Å². The Kier molecular flexibility index (Phi) is 7.69. The number of rotatable bonds is 9. The van der Waals surface area contributed by atoms with Gasteiger partial charge < -0.3 is 10.1 Å². The van der Waals surface area contributed by atoms with Crippen LogP contribution in [0.4, 0.5) is 0 Å². The summed E-state index contributed by atoms with van der Waals surface area (Å²) in [5, 5.41) is 3.19. The molecule has 2 nitrogen and oxygen atoms in total. The third kappa shape index (κ3) is 5.85. The summed E-state index contributed by atoms with van der Waals surface area (Å²) in [6.45, 7) is 3.97. The van der Waals surface area contributed by atoms with Crippen molar-refractivity contribution in [1.82, 2.24) is 5.32 Å². The quantitative estimate of drug-likeness (QED) is 0.661. The molecule has 2 heteroatoms. The van der Waals surface area contributed by atoms with Crippen molar-refractivity contribution in [2.75, 3.05) is 20.2 Å². The van der Waals surface area contributed by atoms with Crippen LogP contribution in [0.2, 0.25) is 0 Å². The molecule has 0 saturated carbocycles. The fourth-order valence-corrected chi connectivity index (χ4v) is 1.88. The molecule has 1 aromatic rings. The molecule has 0 aromatic heterocycles. The van der Waals surface area contributed by atoms with Gasteiger partial charge in [0.25, 0.3) is 0 Å². The highest BCUT2D eigenvalue weighted by Crippen LogP contribution is 2.16. The third-order valence-corrected chi connectivity index (χ3v) is 2.88. The van der Waals surface area contributed by atoms with E-state index >= 15 is 0 Å². The van der Waals surface area contributed by atoms with Gasteiger partial charge in [-0.05, 0) is 19.0 Å². The highest BCUT2D eigenvalue weighted by molar-refractivity contribution is 5.17. The van der Waals surface area contributed by atoms with Crippen LogP contribution in [0.25, 0.3) is 0 Å². The van der Waals surface area contributed by atoms with E-state index in [1.165, 1.54) is 31.2 Å². The van der Waals surface area contributed by atoms with Crippen LogP contribution in [0, 0.1) is 0 Å². The number of hydrogen-bond acceptors (Lipinski definition) is 2. The van der Waals surface area contributed by atoms with Gasteiger partial charge in [0.15, 0.2) is 0 Å². The molecule has 1 aromatic carbocycles. The first-order valence-electron chi connectivity index (χ1n) is 6.69. The molecule has 0 radical (unpaired) electrons. The van der Waals surface area contributed by atoms with Crippen LogP contribution < -0.4 is 5.32 Å². The molecule has 0 heterocycles. The SMILES string of the molecule is CCCCCCOC(CNC)c1ccccc1. The molecule has 1 atom stereocenters. The summed E-state index contributed by atoms with van der Waals surface area (Å²) in [6.07, 6.45) is 5.21. The summed E-state index contributed by atoms with van der Waals surface area (Å²) in [5.74, 6) is 0. The largest absolute Gasteiger partial charge is 0.372 e. The van der Waals surface area contributed by atoms with Gasteiger partial charge in [-0.25, -0.2) is 0 Å². The van der Waals surface area contributed by atoms with E-state index in [1.54, 1.807) is 0 Å². The molecule has 1 N–H and O–H groups in total. The average Bonchev–Trinajstić information content (AvgIpc) is 2.38. The summed E-state index contributed by atoms with van der Waals surface area (Å²) in [7, 11) is 1.97. The first-order valence-corrected chi connectivity index (χ1v) is 6.69. The van der Waals surface area contributed by atoms with E-state index in [9.17, 15) is 0 Å². The summed E-state index contributed by atoms with van der Waals surface area (Å²) in [5.41, 5.74) is 1.26. The second kappa shape index (κ2) is 9.20. The lowest BCUT2D eigenvalue weighted by atomic mass is 10.1. The first-order chi connectivity index (χ1) is 8.38. The van der Waals surface area contributed by atoms with Crippen LogP contribution in [-0.4, -0.2) is 20.2 Å². The predicted molar refractivity (Wildman–Crippen MR) is 73.2 cm³/mol. The zero-order valence-corrected chi connectivity index (χ0v) is 11.1. The van der Waals surface area contributed by atoms with E-state index in [0.29, 0.717) is 0 Å². The Morgan fingerprint density at radius 1 is 1.12 bits per heavy atom. The smallest absolute Gasteiger partial charge is 0.0949 e. The highest BCUT2D eigenvalue weighted by atomic mass is 16.5. The van der Waals surface area contributed by atoms with Gasteiger partial charge in [0.1, 0.15) is 0 Å². The van der Waals surface area contributed by atoms with E-state index in [4.69, 9.17) is 4.74 Å². The Morgan fingerprint density at radius 3 is 2.53 bits per heavy atom. The molecule has 0 aliphatic carbocycles. The van der Waals surface area contributed by atoms with Crippen molar-refractivity contribution < 1.29 is 4.74 Å². The summed E-state index contributed by atoms with van der Waals surface area (Å²) in [6, 6.07) is 10.4. The average molecular weight is 235 g/mol. The normalized spacial score (nSPS) is 12.6. The first kappa shape index (κ1) is 14.2. The second-order valence-electron chi connectivity index (χ2n) is 4.39. The van der Waals surface area contributed by atoms with Crippen LogP contribution in [0.5, 0.6) is 0 Å². The molecule has 1 unspecified atom stereocenters. The molecular formula is C15H25NO. The molecule has 96 valence electrons. The molecule has 1 rings (SSSR count). The fourth-order valence-electron chi connectivity index (χ4n) is 1.88. The lowest BCUT2D eigenvalue weighted by molar-refractivity contribution is 0.0511. The van der Waals surface area contributed by atoms with Crippen LogP contribution in [0.3, 0.4) is 0 Å². The third-order valence-electron chi connectivity index (χ3n) is 2.88. The molecule has 17 heavy (non-hydrogen) atoms. The van der Waals surface area contributed by atoms with Gasteiger partial charge in [-0.2, -0.15) is 0 Å². The topological polar surface area (TPSA) is 21.3 Å². The van der Waals surface area contributed by atoms with Crippen molar-refractivity contribution in [1.29, 1.82) is 0 Å². The zero-order chi connectivity index (χ0) is 12.3. The molecule has 0 bridgehead atoms. The summed E-state index contributed by atoms with van der Waals surface area (Å²) in [4.78, 5) is 0. The minimum Gasteiger partial charge on any atom is -0.372 e. The molecule has 0 spiro atoms. The van der Waals surface area contributed by atoms with Crippen LogP contribution in [0.1, 0.15) is 44.3 Å². The van der Waals surface area contributed by atoms with Crippen molar-refractivity contribution in [3.63, 3.8) is 0 Å².